The summed E-state index contributed by atoms with van der Waals surface area (Å²) in [5.74, 6) is 0. The van der Waals surface area contributed by atoms with Crippen LogP contribution in [0.1, 0.15) is 30.5 Å². The van der Waals surface area contributed by atoms with Crippen LogP contribution in [0.15, 0.2) is 174 Å². The van der Waals surface area contributed by atoms with E-state index >= 15 is 0 Å². The van der Waals surface area contributed by atoms with Crippen LogP contribution in [0.2, 0.25) is 0 Å². The average Bonchev–Trinajstić information content (AvgIpc) is 3.91. The second-order valence-corrected chi connectivity index (χ2v) is 14.2. The molecule has 2 heterocycles. The predicted octanol–water partition coefficient (Wildman–Crippen LogP) is 12.1. The third-order valence-corrected chi connectivity index (χ3v) is 10.9. The molecule has 0 spiro atoms. The maximum absolute atomic E-state index is 4.54. The zero-order valence-corrected chi connectivity index (χ0v) is 29.2. The van der Waals surface area contributed by atoms with Gasteiger partial charge in [0.2, 0.25) is 0 Å². The molecule has 248 valence electrons. The van der Waals surface area contributed by atoms with Crippen LogP contribution < -0.4 is 4.90 Å². The summed E-state index contributed by atoms with van der Waals surface area (Å²) in [6.45, 7) is 5.19. The molecule has 1 aromatic heterocycles. The zero-order chi connectivity index (χ0) is 34.8. The highest BCUT2D eigenvalue weighted by Gasteiger charge is 2.35. The molecule has 0 fully saturated rings. The molecule has 0 bridgehead atoms. The second kappa shape index (κ2) is 11.8. The topological polar surface area (TPSA) is 32.9 Å². The fraction of sp³-hybridized carbons (Fsp3) is 0.0833. The van der Waals surface area contributed by atoms with Crippen molar-refractivity contribution in [2.24, 2.45) is 9.98 Å². The Morgan fingerprint density at radius 2 is 1.15 bits per heavy atom. The first-order valence-corrected chi connectivity index (χ1v) is 17.9. The van der Waals surface area contributed by atoms with Gasteiger partial charge in [-0.05, 0) is 100 Å². The number of hydrogen-bond donors (Lipinski definition) is 0. The van der Waals surface area contributed by atoms with E-state index in [4.69, 9.17) is 0 Å². The lowest BCUT2D eigenvalue weighted by Gasteiger charge is -2.28. The lowest BCUT2D eigenvalue weighted by Crippen LogP contribution is -2.16. The summed E-state index contributed by atoms with van der Waals surface area (Å²) in [4.78, 5) is 11.2. The molecule has 0 saturated heterocycles. The first-order valence-electron chi connectivity index (χ1n) is 17.9. The molecule has 0 amide bonds. The Balaban J connectivity index is 1.07. The summed E-state index contributed by atoms with van der Waals surface area (Å²) < 4.78 is 2.36. The molecule has 4 heteroatoms. The van der Waals surface area contributed by atoms with Crippen LogP contribution in [-0.2, 0) is 5.41 Å². The van der Waals surface area contributed by atoms with E-state index in [0.717, 1.165) is 28.3 Å². The number of fused-ring (bicyclic) bond motifs is 6. The molecular formula is C48H36N4. The fourth-order valence-electron chi connectivity index (χ4n) is 8.32. The van der Waals surface area contributed by atoms with Gasteiger partial charge >= 0.3 is 0 Å². The molecule has 8 aromatic rings. The molecule has 1 aliphatic carbocycles. The van der Waals surface area contributed by atoms with Gasteiger partial charge < -0.3 is 9.47 Å². The van der Waals surface area contributed by atoms with Gasteiger partial charge in [-0.25, -0.2) is 0 Å². The number of hydrogen-bond acceptors (Lipinski definition) is 3. The van der Waals surface area contributed by atoms with E-state index in [1.165, 1.54) is 60.9 Å². The minimum atomic E-state index is -0.0937. The second-order valence-electron chi connectivity index (χ2n) is 14.2. The number of nitrogens with zero attached hydrogens (tertiary/aromatic N) is 4. The van der Waals surface area contributed by atoms with E-state index in [0.29, 0.717) is 6.67 Å². The average molecular weight is 669 g/mol. The number of para-hydroxylation sites is 2. The van der Waals surface area contributed by atoms with Gasteiger partial charge in [-0.15, -0.1) is 0 Å². The van der Waals surface area contributed by atoms with E-state index in [2.05, 4.69) is 197 Å². The Morgan fingerprint density at radius 3 is 1.92 bits per heavy atom. The van der Waals surface area contributed by atoms with Crippen LogP contribution in [0.4, 0.5) is 17.1 Å². The lowest BCUT2D eigenvalue weighted by atomic mass is 9.82. The molecule has 0 N–H and O–H groups in total. The Kier molecular flexibility index (Phi) is 6.87. The van der Waals surface area contributed by atoms with Crippen molar-refractivity contribution in [1.82, 2.24) is 4.57 Å². The summed E-state index contributed by atoms with van der Waals surface area (Å²) >= 11 is 0. The van der Waals surface area contributed by atoms with Crippen LogP contribution in [0.3, 0.4) is 0 Å². The highest BCUT2D eigenvalue weighted by molar-refractivity contribution is 6.39. The molecule has 1 aliphatic heterocycles. The van der Waals surface area contributed by atoms with Crippen LogP contribution >= 0.6 is 0 Å². The Morgan fingerprint density at radius 1 is 0.519 bits per heavy atom. The van der Waals surface area contributed by atoms with Crippen molar-refractivity contribution in [2.45, 2.75) is 19.3 Å². The smallest absolute Gasteiger partial charge is 0.130 e. The minimum absolute atomic E-state index is 0.0937. The van der Waals surface area contributed by atoms with Crippen LogP contribution in [0, 0.1) is 0 Å². The zero-order valence-electron chi connectivity index (χ0n) is 29.2. The third-order valence-electron chi connectivity index (χ3n) is 10.9. The molecule has 7 aromatic carbocycles. The summed E-state index contributed by atoms with van der Waals surface area (Å²) in [7, 11) is 0. The molecule has 0 atom stereocenters. The monoisotopic (exact) mass is 668 g/mol. The van der Waals surface area contributed by atoms with Gasteiger partial charge in [0, 0.05) is 50.7 Å². The van der Waals surface area contributed by atoms with Gasteiger partial charge in [0.25, 0.3) is 0 Å². The summed E-state index contributed by atoms with van der Waals surface area (Å²) in [6, 6.07) is 59.7. The van der Waals surface area contributed by atoms with E-state index in [1.54, 1.807) is 0 Å². The van der Waals surface area contributed by atoms with Crippen LogP contribution in [-0.4, -0.2) is 23.2 Å². The molecule has 0 radical (unpaired) electrons. The van der Waals surface area contributed by atoms with Crippen molar-refractivity contribution in [3.8, 4) is 27.9 Å². The van der Waals surface area contributed by atoms with Crippen molar-refractivity contribution in [1.29, 1.82) is 0 Å². The Labute approximate surface area is 303 Å². The maximum atomic E-state index is 4.54. The van der Waals surface area contributed by atoms with Crippen molar-refractivity contribution in [2.75, 3.05) is 11.6 Å². The Hall–Kier alpha value is -6.52. The number of aliphatic imine (C=N–C) groups is 2. The van der Waals surface area contributed by atoms with Crippen molar-refractivity contribution >= 4 is 50.8 Å². The van der Waals surface area contributed by atoms with Crippen molar-refractivity contribution in [3.05, 3.63) is 180 Å². The molecule has 52 heavy (non-hydrogen) atoms. The highest BCUT2D eigenvalue weighted by atomic mass is 15.1. The van der Waals surface area contributed by atoms with Gasteiger partial charge in [0.15, 0.2) is 0 Å². The van der Waals surface area contributed by atoms with Crippen molar-refractivity contribution in [3.63, 3.8) is 0 Å². The Bertz CT molecular complexity index is 2710. The normalized spacial score (nSPS) is 14.1. The molecule has 0 saturated carbocycles. The third kappa shape index (κ3) is 4.75. The minimum Gasteiger partial charge on any atom is -0.310 e. The summed E-state index contributed by atoms with van der Waals surface area (Å²) in [5, 5.41) is 2.51. The van der Waals surface area contributed by atoms with E-state index in [9.17, 15) is 0 Å². The largest absolute Gasteiger partial charge is 0.310 e. The van der Waals surface area contributed by atoms with E-state index in [-0.39, 0.29) is 5.41 Å². The number of benzene rings is 7. The predicted molar refractivity (Wildman–Crippen MR) is 218 cm³/mol. The maximum Gasteiger partial charge on any atom is 0.130 e. The lowest BCUT2D eigenvalue weighted by molar-refractivity contribution is 0.660. The number of rotatable bonds is 6. The quantitative estimate of drug-likeness (QED) is 0.174. The standard InChI is InChI=1S/C48H36N4/c1-48(2)43-14-8-6-12-39(43)40-26-25-38(29-44(40)48)51(37-23-18-33(19-24-37)45-30-49-31-50-45)36-21-16-32(17-22-36)34-20-27-47-42(28-34)41-13-7-9-15-46(41)52(47)35-10-4-3-5-11-35/h3-30H,31H2,1-2H3. The van der Waals surface area contributed by atoms with Crippen LogP contribution in [0.25, 0.3) is 49.7 Å². The SMILES string of the molecule is CC1(C)c2ccccc2-c2ccc(N(c3ccc(C4=NCN=C4)cc3)c3ccc(-c4ccc5c(c4)c4ccccc4n5-c4ccccc4)cc3)cc21. The molecule has 2 aliphatic rings. The summed E-state index contributed by atoms with van der Waals surface area (Å²) in [5.41, 5.74) is 16.6. The number of anilines is 3. The van der Waals surface area contributed by atoms with Gasteiger partial charge in [0.1, 0.15) is 6.67 Å². The number of aromatic nitrogens is 1. The van der Waals surface area contributed by atoms with Gasteiger partial charge in [-0.2, -0.15) is 0 Å². The molecular weight excluding hydrogens is 633 g/mol. The van der Waals surface area contributed by atoms with Crippen LogP contribution in [0.5, 0.6) is 0 Å². The summed E-state index contributed by atoms with van der Waals surface area (Å²) in [6.07, 6.45) is 1.86. The fourth-order valence-corrected chi connectivity index (χ4v) is 8.32. The van der Waals surface area contributed by atoms with Gasteiger partial charge in [0.05, 0.1) is 16.7 Å². The first kappa shape index (κ1) is 30.3. The first-order chi connectivity index (χ1) is 25.5. The van der Waals surface area contributed by atoms with Gasteiger partial charge in [-0.3, -0.25) is 9.98 Å². The molecule has 0 unspecified atom stereocenters. The van der Waals surface area contributed by atoms with E-state index < -0.39 is 0 Å². The van der Waals surface area contributed by atoms with Crippen molar-refractivity contribution < 1.29 is 0 Å². The molecule has 10 rings (SSSR count). The molecule has 4 nitrogen and oxygen atoms in total. The van der Waals surface area contributed by atoms with E-state index in [1.807, 2.05) is 6.21 Å². The van der Waals surface area contributed by atoms with Gasteiger partial charge in [-0.1, -0.05) is 111 Å². The highest BCUT2D eigenvalue weighted by Crippen LogP contribution is 2.50.